The first-order valence-corrected chi connectivity index (χ1v) is 7.92. The summed E-state index contributed by atoms with van der Waals surface area (Å²) in [6.45, 7) is 2.32. The Kier molecular flexibility index (Phi) is 4.40. The van der Waals surface area contributed by atoms with Crippen LogP contribution >= 0.6 is 0 Å². The molecule has 0 bridgehead atoms. The monoisotopic (exact) mass is 318 g/mol. The van der Waals surface area contributed by atoms with Crippen molar-refractivity contribution >= 4 is 10.0 Å². The van der Waals surface area contributed by atoms with Crippen LogP contribution in [0.15, 0.2) is 17.0 Å². The molecule has 2 atom stereocenters. The maximum atomic E-state index is 14.1. The molecule has 1 aliphatic rings. The molecule has 1 saturated heterocycles. The van der Waals surface area contributed by atoms with Crippen LogP contribution in [0.5, 0.6) is 11.5 Å². The van der Waals surface area contributed by atoms with Crippen molar-refractivity contribution in [1.29, 1.82) is 0 Å². The fourth-order valence-corrected chi connectivity index (χ4v) is 3.95. The lowest BCUT2D eigenvalue weighted by Gasteiger charge is -2.18. The van der Waals surface area contributed by atoms with Gasteiger partial charge in [0.25, 0.3) is 0 Å². The van der Waals surface area contributed by atoms with Crippen LogP contribution in [0, 0.1) is 11.7 Å². The predicted octanol–water partition coefficient (Wildman–Crippen LogP) is 0.811. The number of nitrogens with zero attached hydrogens (tertiary/aromatic N) is 1. The van der Waals surface area contributed by atoms with Crippen molar-refractivity contribution < 1.29 is 22.3 Å². The summed E-state index contributed by atoms with van der Waals surface area (Å²) in [6, 6.07) is 1.89. The molecule has 1 heterocycles. The lowest BCUT2D eigenvalue weighted by Crippen LogP contribution is -2.32. The van der Waals surface area contributed by atoms with Gasteiger partial charge in [0.15, 0.2) is 11.5 Å². The average Bonchev–Trinajstić information content (AvgIpc) is 2.78. The first-order valence-electron chi connectivity index (χ1n) is 6.48. The third kappa shape index (κ3) is 2.83. The Bertz CT molecular complexity index is 625. The van der Waals surface area contributed by atoms with Gasteiger partial charge in [0, 0.05) is 31.3 Å². The second-order valence-electron chi connectivity index (χ2n) is 5.10. The van der Waals surface area contributed by atoms with Gasteiger partial charge in [-0.2, -0.15) is 4.31 Å². The van der Waals surface area contributed by atoms with Crippen molar-refractivity contribution in [3.8, 4) is 11.5 Å². The summed E-state index contributed by atoms with van der Waals surface area (Å²) in [5.74, 6) is -0.543. The molecule has 0 aliphatic carbocycles. The van der Waals surface area contributed by atoms with E-state index >= 15 is 0 Å². The minimum atomic E-state index is -3.95. The number of methoxy groups -OCH3 is 2. The van der Waals surface area contributed by atoms with E-state index in [0.29, 0.717) is 0 Å². The Hall–Kier alpha value is -1.38. The van der Waals surface area contributed by atoms with Gasteiger partial charge in [0.2, 0.25) is 10.0 Å². The van der Waals surface area contributed by atoms with Crippen LogP contribution in [0.1, 0.15) is 6.92 Å². The van der Waals surface area contributed by atoms with Crippen molar-refractivity contribution in [2.75, 3.05) is 27.3 Å². The van der Waals surface area contributed by atoms with Crippen LogP contribution in [0.4, 0.5) is 4.39 Å². The van der Waals surface area contributed by atoms with Crippen LogP contribution in [0.2, 0.25) is 0 Å². The lowest BCUT2D eigenvalue weighted by molar-refractivity contribution is 0.349. The van der Waals surface area contributed by atoms with E-state index in [4.69, 9.17) is 15.2 Å². The molecule has 2 unspecified atom stereocenters. The maximum absolute atomic E-state index is 14.1. The third-order valence-corrected chi connectivity index (χ3v) is 5.54. The van der Waals surface area contributed by atoms with Gasteiger partial charge >= 0.3 is 0 Å². The highest BCUT2D eigenvalue weighted by Gasteiger charge is 2.37. The van der Waals surface area contributed by atoms with Crippen molar-refractivity contribution in [2.45, 2.75) is 17.9 Å². The molecule has 0 spiro atoms. The SMILES string of the molecule is COc1cc(F)c(S(=O)(=O)N2CC(C)C(N)C2)cc1OC. The topological polar surface area (TPSA) is 81.9 Å². The van der Waals surface area contributed by atoms with Crippen LogP contribution in [0.3, 0.4) is 0 Å². The summed E-state index contributed by atoms with van der Waals surface area (Å²) in [4.78, 5) is -0.429. The predicted molar refractivity (Wildman–Crippen MR) is 75.4 cm³/mol. The van der Waals surface area contributed by atoms with Gasteiger partial charge < -0.3 is 15.2 Å². The summed E-state index contributed by atoms with van der Waals surface area (Å²) >= 11 is 0. The van der Waals surface area contributed by atoms with E-state index in [9.17, 15) is 12.8 Å². The number of halogens is 1. The van der Waals surface area contributed by atoms with Gasteiger partial charge in [-0.05, 0) is 5.92 Å². The van der Waals surface area contributed by atoms with Crippen molar-refractivity contribution in [3.05, 3.63) is 17.9 Å². The lowest BCUT2D eigenvalue weighted by atomic mass is 10.1. The van der Waals surface area contributed by atoms with E-state index in [1.807, 2.05) is 6.92 Å². The summed E-state index contributed by atoms with van der Waals surface area (Å²) in [6.07, 6.45) is 0. The minimum Gasteiger partial charge on any atom is -0.493 e. The summed E-state index contributed by atoms with van der Waals surface area (Å²) < 4.78 is 50.4. The van der Waals surface area contributed by atoms with Gasteiger partial charge in [-0.25, -0.2) is 12.8 Å². The molecule has 1 fully saturated rings. The molecule has 0 radical (unpaired) electrons. The summed E-state index contributed by atoms with van der Waals surface area (Å²) in [5.41, 5.74) is 5.84. The molecule has 0 amide bonds. The number of hydrogen-bond acceptors (Lipinski definition) is 5. The zero-order chi connectivity index (χ0) is 15.8. The maximum Gasteiger partial charge on any atom is 0.246 e. The molecule has 21 heavy (non-hydrogen) atoms. The molecule has 1 aromatic rings. The second kappa shape index (κ2) is 5.78. The molecule has 0 saturated carbocycles. The molecule has 1 aliphatic heterocycles. The Morgan fingerprint density at radius 3 is 2.29 bits per heavy atom. The van der Waals surface area contributed by atoms with Gasteiger partial charge in [0.05, 0.1) is 14.2 Å². The smallest absolute Gasteiger partial charge is 0.246 e. The number of nitrogens with two attached hydrogens (primary N) is 1. The quantitative estimate of drug-likeness (QED) is 0.888. The highest BCUT2D eigenvalue weighted by molar-refractivity contribution is 7.89. The number of ether oxygens (including phenoxy) is 2. The van der Waals surface area contributed by atoms with Crippen LogP contribution in [0.25, 0.3) is 0 Å². The largest absolute Gasteiger partial charge is 0.493 e. The van der Waals surface area contributed by atoms with Crippen LogP contribution in [-0.4, -0.2) is 46.1 Å². The second-order valence-corrected chi connectivity index (χ2v) is 7.01. The van der Waals surface area contributed by atoms with Crippen molar-refractivity contribution in [1.82, 2.24) is 4.31 Å². The van der Waals surface area contributed by atoms with Gasteiger partial charge in [-0.3, -0.25) is 0 Å². The zero-order valence-electron chi connectivity index (χ0n) is 12.2. The molecular weight excluding hydrogens is 299 g/mol. The Morgan fingerprint density at radius 2 is 1.81 bits per heavy atom. The highest BCUT2D eigenvalue weighted by atomic mass is 32.2. The molecule has 2 rings (SSSR count). The van der Waals surface area contributed by atoms with E-state index in [0.717, 1.165) is 12.1 Å². The standard InChI is InChI=1S/C13H19FN2O4S/c1-8-6-16(7-10(8)15)21(17,18)13-5-12(20-3)11(19-2)4-9(13)14/h4-5,8,10H,6-7,15H2,1-3H3. The van der Waals surface area contributed by atoms with Crippen molar-refractivity contribution in [2.24, 2.45) is 11.7 Å². The average molecular weight is 318 g/mol. The van der Waals surface area contributed by atoms with Gasteiger partial charge in [-0.1, -0.05) is 6.92 Å². The Labute approximate surface area is 123 Å². The molecule has 1 aromatic carbocycles. The van der Waals surface area contributed by atoms with E-state index in [1.165, 1.54) is 18.5 Å². The molecule has 8 heteroatoms. The Morgan fingerprint density at radius 1 is 1.24 bits per heavy atom. The molecule has 6 nitrogen and oxygen atoms in total. The summed E-state index contributed by atoms with van der Waals surface area (Å²) in [7, 11) is -1.24. The van der Waals surface area contributed by atoms with E-state index in [-0.39, 0.29) is 36.5 Å². The number of hydrogen-bond donors (Lipinski definition) is 1. The number of benzene rings is 1. The molecule has 118 valence electrons. The van der Waals surface area contributed by atoms with Gasteiger partial charge in [0.1, 0.15) is 10.7 Å². The third-order valence-electron chi connectivity index (χ3n) is 3.69. The van der Waals surface area contributed by atoms with Crippen molar-refractivity contribution in [3.63, 3.8) is 0 Å². The van der Waals surface area contributed by atoms with Gasteiger partial charge in [-0.15, -0.1) is 0 Å². The number of sulfonamides is 1. The highest BCUT2D eigenvalue weighted by Crippen LogP contribution is 2.34. The molecule has 2 N–H and O–H groups in total. The van der Waals surface area contributed by atoms with Crippen LogP contribution in [-0.2, 0) is 10.0 Å². The van der Waals surface area contributed by atoms with E-state index in [2.05, 4.69) is 0 Å². The zero-order valence-corrected chi connectivity index (χ0v) is 13.0. The molecule has 0 aromatic heterocycles. The minimum absolute atomic E-state index is 0.0305. The fraction of sp³-hybridized carbons (Fsp3) is 0.538. The first-order chi connectivity index (χ1) is 9.81. The normalized spacial score (nSPS) is 23.3. The van der Waals surface area contributed by atoms with E-state index in [1.54, 1.807) is 0 Å². The van der Waals surface area contributed by atoms with Crippen LogP contribution < -0.4 is 15.2 Å². The fourth-order valence-electron chi connectivity index (χ4n) is 2.31. The number of rotatable bonds is 4. The molecular formula is C13H19FN2O4S. The first kappa shape index (κ1) is 16.0. The Balaban J connectivity index is 2.45. The van der Waals surface area contributed by atoms with E-state index < -0.39 is 20.7 Å². The summed E-state index contributed by atoms with van der Waals surface area (Å²) in [5, 5.41) is 0.